The van der Waals surface area contributed by atoms with Crippen LogP contribution in [0.25, 0.3) is 0 Å². The molecule has 0 spiro atoms. The monoisotopic (exact) mass is 400 g/mol. The van der Waals surface area contributed by atoms with E-state index in [1.54, 1.807) is 24.0 Å². The summed E-state index contributed by atoms with van der Waals surface area (Å²) >= 11 is 0. The summed E-state index contributed by atoms with van der Waals surface area (Å²) < 4.78 is 13.2. The molecule has 1 saturated heterocycles. The van der Waals surface area contributed by atoms with E-state index in [0.717, 1.165) is 6.42 Å². The van der Waals surface area contributed by atoms with Gasteiger partial charge in [-0.25, -0.2) is 4.39 Å². The molecule has 0 aliphatic carbocycles. The summed E-state index contributed by atoms with van der Waals surface area (Å²) in [5.74, 6) is -0.611. The Hall–Kier alpha value is -1.70. The van der Waals surface area contributed by atoms with Crippen LogP contribution in [0.15, 0.2) is 24.3 Å². The van der Waals surface area contributed by atoms with Crippen LogP contribution >= 0.6 is 12.4 Å². The first-order valence-electron chi connectivity index (χ1n) is 9.13. The lowest BCUT2D eigenvalue weighted by Gasteiger charge is -2.40. The number of nitrogens with one attached hydrogen (secondary N) is 1. The summed E-state index contributed by atoms with van der Waals surface area (Å²) in [7, 11) is 0. The highest BCUT2D eigenvalue weighted by molar-refractivity contribution is 5.94. The predicted octanol–water partition coefficient (Wildman–Crippen LogP) is 2.24. The maximum absolute atomic E-state index is 13.2. The summed E-state index contributed by atoms with van der Waals surface area (Å²) in [6.07, 6.45) is 1.51. The maximum Gasteiger partial charge on any atom is 0.242 e. The first-order chi connectivity index (χ1) is 12.2. The van der Waals surface area contributed by atoms with E-state index in [1.807, 2.05) is 18.7 Å². The number of carbonyl (C=O) groups excluding carboxylic acids is 2. The molecule has 2 rings (SSSR count). The van der Waals surface area contributed by atoms with Crippen molar-refractivity contribution < 1.29 is 14.0 Å². The zero-order valence-electron chi connectivity index (χ0n) is 16.2. The molecule has 2 unspecified atom stereocenters. The molecular weight excluding hydrogens is 371 g/mol. The molecule has 2 atom stereocenters. The number of benzene rings is 1. The number of piperazine rings is 1. The maximum atomic E-state index is 13.2. The molecule has 6 nitrogen and oxygen atoms in total. The zero-order chi connectivity index (χ0) is 19.3. The van der Waals surface area contributed by atoms with Crippen LogP contribution in [-0.2, 0) is 9.59 Å². The van der Waals surface area contributed by atoms with Gasteiger partial charge in [-0.3, -0.25) is 14.5 Å². The molecule has 1 heterocycles. The summed E-state index contributed by atoms with van der Waals surface area (Å²) in [6, 6.07) is 5.46. The first-order valence-corrected chi connectivity index (χ1v) is 9.13. The van der Waals surface area contributed by atoms with E-state index in [1.165, 1.54) is 12.1 Å². The van der Waals surface area contributed by atoms with Gasteiger partial charge < -0.3 is 16.0 Å². The second-order valence-electron chi connectivity index (χ2n) is 7.17. The SMILES string of the molecule is CCCC(C)(N)C(=O)N1CCN(C(C)C(=O)Nc2cccc(F)c2)CC1.Cl. The van der Waals surface area contributed by atoms with Gasteiger partial charge in [0.2, 0.25) is 11.8 Å². The number of carbonyl (C=O) groups is 2. The molecule has 3 N–H and O–H groups in total. The Kier molecular flexibility index (Phi) is 8.65. The minimum Gasteiger partial charge on any atom is -0.339 e. The second kappa shape index (κ2) is 10.0. The lowest BCUT2D eigenvalue weighted by atomic mass is 9.95. The average Bonchev–Trinajstić information content (AvgIpc) is 2.60. The van der Waals surface area contributed by atoms with Crippen LogP contribution < -0.4 is 11.1 Å². The number of hydrogen-bond acceptors (Lipinski definition) is 4. The summed E-state index contributed by atoms with van der Waals surface area (Å²) in [5, 5.41) is 2.73. The molecule has 2 amide bonds. The fourth-order valence-corrected chi connectivity index (χ4v) is 3.28. The van der Waals surface area contributed by atoms with Gasteiger partial charge in [-0.05, 0) is 38.5 Å². The van der Waals surface area contributed by atoms with Crippen LogP contribution in [0.1, 0.15) is 33.6 Å². The Bertz CT molecular complexity index is 648. The van der Waals surface area contributed by atoms with Gasteiger partial charge in [-0.1, -0.05) is 19.4 Å². The lowest BCUT2D eigenvalue weighted by molar-refractivity contribution is -0.139. The van der Waals surface area contributed by atoms with Gasteiger partial charge in [0, 0.05) is 31.9 Å². The Labute approximate surface area is 166 Å². The van der Waals surface area contributed by atoms with Crippen LogP contribution in [0.3, 0.4) is 0 Å². The van der Waals surface area contributed by atoms with Crippen LogP contribution in [0, 0.1) is 5.82 Å². The number of rotatable bonds is 6. The van der Waals surface area contributed by atoms with Crippen molar-refractivity contribution >= 4 is 29.9 Å². The van der Waals surface area contributed by atoms with E-state index in [4.69, 9.17) is 5.73 Å². The quantitative estimate of drug-likeness (QED) is 0.767. The molecule has 152 valence electrons. The Morgan fingerprint density at radius 1 is 1.30 bits per heavy atom. The summed E-state index contributed by atoms with van der Waals surface area (Å²) in [4.78, 5) is 28.8. The van der Waals surface area contributed by atoms with E-state index in [2.05, 4.69) is 5.32 Å². The Morgan fingerprint density at radius 3 is 2.48 bits per heavy atom. The largest absolute Gasteiger partial charge is 0.339 e. The van der Waals surface area contributed by atoms with Crippen LogP contribution in [-0.4, -0.2) is 59.4 Å². The van der Waals surface area contributed by atoms with Crippen molar-refractivity contribution in [3.05, 3.63) is 30.1 Å². The normalized spacial score (nSPS) is 18.2. The summed E-state index contributed by atoms with van der Waals surface area (Å²) in [5.41, 5.74) is 5.75. The van der Waals surface area contributed by atoms with Gasteiger partial charge in [-0.15, -0.1) is 12.4 Å². The number of nitrogens with two attached hydrogens (primary N) is 1. The fraction of sp³-hybridized carbons (Fsp3) is 0.579. The van der Waals surface area contributed by atoms with E-state index in [0.29, 0.717) is 38.3 Å². The van der Waals surface area contributed by atoms with Gasteiger partial charge in [0.1, 0.15) is 5.82 Å². The Morgan fingerprint density at radius 2 is 1.93 bits per heavy atom. The van der Waals surface area contributed by atoms with E-state index in [9.17, 15) is 14.0 Å². The number of hydrogen-bond donors (Lipinski definition) is 2. The van der Waals surface area contributed by atoms with Crippen molar-refractivity contribution in [3.63, 3.8) is 0 Å². The molecule has 0 bridgehead atoms. The van der Waals surface area contributed by atoms with E-state index < -0.39 is 5.54 Å². The minimum atomic E-state index is -0.836. The van der Waals surface area contributed by atoms with Gasteiger partial charge >= 0.3 is 0 Å². The van der Waals surface area contributed by atoms with Gasteiger partial charge in [0.05, 0.1) is 11.6 Å². The number of halogens is 2. The molecule has 27 heavy (non-hydrogen) atoms. The lowest BCUT2D eigenvalue weighted by Crippen LogP contribution is -2.60. The molecule has 1 aliphatic rings. The van der Waals surface area contributed by atoms with Gasteiger partial charge in [0.25, 0.3) is 0 Å². The fourth-order valence-electron chi connectivity index (χ4n) is 3.28. The Balaban J connectivity index is 0.00000364. The van der Waals surface area contributed by atoms with Crippen LogP contribution in [0.5, 0.6) is 0 Å². The van der Waals surface area contributed by atoms with Gasteiger partial charge in [0.15, 0.2) is 0 Å². The third kappa shape index (κ3) is 6.16. The highest BCUT2D eigenvalue weighted by atomic mass is 35.5. The number of nitrogens with zero attached hydrogens (tertiary/aromatic N) is 2. The van der Waals surface area contributed by atoms with Crippen LogP contribution in [0.2, 0.25) is 0 Å². The molecule has 0 saturated carbocycles. The molecule has 0 radical (unpaired) electrons. The third-order valence-corrected chi connectivity index (χ3v) is 4.88. The predicted molar refractivity (Wildman–Crippen MR) is 107 cm³/mol. The topological polar surface area (TPSA) is 78.7 Å². The molecule has 1 aromatic carbocycles. The zero-order valence-corrected chi connectivity index (χ0v) is 17.0. The van der Waals surface area contributed by atoms with Crippen molar-refractivity contribution in [3.8, 4) is 0 Å². The van der Waals surface area contributed by atoms with Crippen molar-refractivity contribution in [2.75, 3.05) is 31.5 Å². The van der Waals surface area contributed by atoms with E-state index in [-0.39, 0.29) is 36.1 Å². The standard InChI is InChI=1S/C19H29FN4O2.ClH/c1-4-8-19(3,21)18(26)24-11-9-23(10-12-24)14(2)17(25)22-16-7-5-6-15(20)13-16;/h5-7,13-14H,4,8-12,21H2,1-3H3,(H,22,25);1H. The van der Waals surface area contributed by atoms with Gasteiger partial charge in [-0.2, -0.15) is 0 Å². The van der Waals surface area contributed by atoms with Crippen molar-refractivity contribution in [2.24, 2.45) is 5.73 Å². The van der Waals surface area contributed by atoms with Crippen molar-refractivity contribution in [1.82, 2.24) is 9.80 Å². The average molecular weight is 401 g/mol. The van der Waals surface area contributed by atoms with E-state index >= 15 is 0 Å². The highest BCUT2D eigenvalue weighted by Crippen LogP contribution is 2.16. The minimum absolute atomic E-state index is 0. The third-order valence-electron chi connectivity index (χ3n) is 4.88. The molecular formula is C19H30ClFN4O2. The van der Waals surface area contributed by atoms with Crippen molar-refractivity contribution in [1.29, 1.82) is 0 Å². The molecule has 1 aliphatic heterocycles. The molecule has 1 fully saturated rings. The number of amides is 2. The summed E-state index contributed by atoms with van der Waals surface area (Å²) in [6.45, 7) is 7.91. The molecule has 0 aromatic heterocycles. The second-order valence-corrected chi connectivity index (χ2v) is 7.17. The van der Waals surface area contributed by atoms with Crippen molar-refractivity contribution in [2.45, 2.75) is 45.2 Å². The molecule has 1 aromatic rings. The number of anilines is 1. The first kappa shape index (κ1) is 23.3. The smallest absolute Gasteiger partial charge is 0.242 e. The highest BCUT2D eigenvalue weighted by Gasteiger charge is 2.34. The van der Waals surface area contributed by atoms with Crippen LogP contribution in [0.4, 0.5) is 10.1 Å². The molecule has 8 heteroatoms.